The van der Waals surface area contributed by atoms with Gasteiger partial charge in [0.2, 0.25) is 5.01 Å². The number of nitrogens with zero attached hydrogens (tertiary/aromatic N) is 1. The van der Waals surface area contributed by atoms with E-state index < -0.39 is 5.97 Å². The third kappa shape index (κ3) is 2.86. The Bertz CT molecular complexity index is 339. The Morgan fingerprint density at radius 1 is 1.85 bits per heavy atom. The number of ether oxygens (including phenoxy) is 1. The first-order valence-electron chi connectivity index (χ1n) is 3.43. The van der Waals surface area contributed by atoms with Gasteiger partial charge in [-0.3, -0.25) is 0 Å². The van der Waals surface area contributed by atoms with Crippen molar-refractivity contribution in [2.75, 3.05) is 6.61 Å². The van der Waals surface area contributed by atoms with Crippen molar-refractivity contribution in [3.8, 4) is 12.3 Å². The summed E-state index contributed by atoms with van der Waals surface area (Å²) in [4.78, 5) is 14.2. The molecular formula is C8H7NO3S. The minimum atomic E-state index is -1.02. The zero-order valence-electron chi connectivity index (χ0n) is 6.69. The van der Waals surface area contributed by atoms with Crippen LogP contribution in [0.5, 0.6) is 0 Å². The number of rotatable bonds is 4. The van der Waals surface area contributed by atoms with E-state index in [1.807, 2.05) is 0 Å². The second-order valence-electron chi connectivity index (χ2n) is 2.15. The monoisotopic (exact) mass is 197 g/mol. The predicted octanol–water partition coefficient (Wildman–Crippen LogP) is 0.991. The summed E-state index contributed by atoms with van der Waals surface area (Å²) >= 11 is 1.07. The number of hydrogen-bond donors (Lipinski definition) is 1. The Hall–Kier alpha value is -1.38. The van der Waals surface area contributed by atoms with Gasteiger partial charge in [0.15, 0.2) is 0 Å². The molecule has 1 heterocycles. The average molecular weight is 197 g/mol. The van der Waals surface area contributed by atoms with Crippen molar-refractivity contribution in [2.24, 2.45) is 0 Å². The van der Waals surface area contributed by atoms with Crippen molar-refractivity contribution in [1.29, 1.82) is 0 Å². The van der Waals surface area contributed by atoms with Crippen LogP contribution in [0.25, 0.3) is 0 Å². The normalized spacial score (nSPS) is 9.46. The fraction of sp³-hybridized carbons (Fsp3) is 0.250. The summed E-state index contributed by atoms with van der Waals surface area (Å²) in [5.74, 6) is 1.28. The highest BCUT2D eigenvalue weighted by Crippen LogP contribution is 2.10. The van der Waals surface area contributed by atoms with Crippen molar-refractivity contribution < 1.29 is 14.6 Å². The van der Waals surface area contributed by atoms with Crippen LogP contribution in [0.2, 0.25) is 0 Å². The first kappa shape index (κ1) is 9.71. The minimum Gasteiger partial charge on any atom is -0.476 e. The van der Waals surface area contributed by atoms with Crippen LogP contribution < -0.4 is 0 Å². The molecule has 4 nitrogen and oxygen atoms in total. The second kappa shape index (κ2) is 4.60. The number of terminal acetylenes is 1. The fourth-order valence-electron chi connectivity index (χ4n) is 0.686. The molecule has 0 spiro atoms. The molecule has 0 saturated heterocycles. The Morgan fingerprint density at radius 2 is 2.62 bits per heavy atom. The smallest absolute Gasteiger partial charge is 0.365 e. The number of thiazole rings is 1. The molecule has 0 unspecified atom stereocenters. The molecule has 0 aliphatic rings. The van der Waals surface area contributed by atoms with Crippen LogP contribution in [0.4, 0.5) is 0 Å². The van der Waals surface area contributed by atoms with Crippen LogP contribution in [0.15, 0.2) is 5.38 Å². The summed E-state index contributed by atoms with van der Waals surface area (Å²) in [5, 5.41) is 10.3. The van der Waals surface area contributed by atoms with E-state index >= 15 is 0 Å². The summed E-state index contributed by atoms with van der Waals surface area (Å²) in [6.45, 7) is 0.466. The van der Waals surface area contributed by atoms with Gasteiger partial charge in [0.1, 0.15) is 6.61 Å². The Kier molecular flexibility index (Phi) is 3.43. The standard InChI is InChI=1S/C8H7NO3S/c1-2-3-12-4-6-5-13-7(9-6)8(10)11/h1,5H,3-4H2,(H,10,11). The van der Waals surface area contributed by atoms with E-state index in [0.717, 1.165) is 11.3 Å². The van der Waals surface area contributed by atoms with Gasteiger partial charge in [0.25, 0.3) is 0 Å². The van der Waals surface area contributed by atoms with E-state index in [4.69, 9.17) is 16.3 Å². The van der Waals surface area contributed by atoms with Crippen LogP contribution in [-0.4, -0.2) is 22.7 Å². The molecule has 5 heteroatoms. The van der Waals surface area contributed by atoms with E-state index in [0.29, 0.717) is 5.69 Å². The molecule has 1 N–H and O–H groups in total. The number of carbonyl (C=O) groups is 1. The zero-order valence-corrected chi connectivity index (χ0v) is 7.50. The van der Waals surface area contributed by atoms with Crippen LogP contribution in [0.3, 0.4) is 0 Å². The lowest BCUT2D eigenvalue weighted by Gasteiger charge is -1.93. The maximum atomic E-state index is 10.4. The van der Waals surface area contributed by atoms with Gasteiger partial charge in [-0.05, 0) is 0 Å². The molecule has 0 fully saturated rings. The van der Waals surface area contributed by atoms with E-state index in [-0.39, 0.29) is 18.2 Å². The van der Waals surface area contributed by atoms with Crippen LogP contribution >= 0.6 is 11.3 Å². The number of aromatic carboxylic acids is 1. The number of carboxylic acids is 1. The Labute approximate surface area is 79.2 Å². The van der Waals surface area contributed by atoms with Crippen LogP contribution in [0, 0.1) is 12.3 Å². The largest absolute Gasteiger partial charge is 0.476 e. The summed E-state index contributed by atoms with van der Waals surface area (Å²) in [7, 11) is 0. The molecule has 0 aliphatic carbocycles. The third-order valence-corrected chi connectivity index (χ3v) is 2.05. The van der Waals surface area contributed by atoms with Crippen LogP contribution in [0.1, 0.15) is 15.5 Å². The highest BCUT2D eigenvalue weighted by atomic mass is 32.1. The molecule has 1 rings (SSSR count). The number of carboxylic acid groups (broad SMARTS) is 1. The molecule has 1 aromatic rings. The molecule has 0 saturated carbocycles. The maximum Gasteiger partial charge on any atom is 0.365 e. The summed E-state index contributed by atoms with van der Waals surface area (Å²) < 4.78 is 4.98. The van der Waals surface area contributed by atoms with Crippen molar-refractivity contribution in [1.82, 2.24) is 4.98 Å². The fourth-order valence-corrected chi connectivity index (χ4v) is 1.33. The highest BCUT2D eigenvalue weighted by molar-refractivity contribution is 7.11. The maximum absolute atomic E-state index is 10.4. The van der Waals surface area contributed by atoms with Gasteiger partial charge < -0.3 is 9.84 Å². The molecule has 0 aromatic carbocycles. The SMILES string of the molecule is C#CCOCc1csc(C(=O)O)n1. The molecule has 0 amide bonds. The van der Waals surface area contributed by atoms with Crippen LogP contribution in [-0.2, 0) is 11.3 Å². The Morgan fingerprint density at radius 3 is 3.15 bits per heavy atom. The molecule has 0 radical (unpaired) electrons. The molecule has 68 valence electrons. The minimum absolute atomic E-state index is 0.0688. The summed E-state index contributed by atoms with van der Waals surface area (Å²) in [6.07, 6.45) is 4.96. The lowest BCUT2D eigenvalue weighted by molar-refractivity contribution is 0.0695. The molecule has 1 aromatic heterocycles. The Balaban J connectivity index is 2.50. The van der Waals surface area contributed by atoms with Gasteiger partial charge in [0, 0.05) is 5.38 Å². The molecule has 0 aliphatic heterocycles. The van der Waals surface area contributed by atoms with E-state index in [1.165, 1.54) is 0 Å². The number of hydrogen-bond acceptors (Lipinski definition) is 4. The summed E-state index contributed by atoms with van der Waals surface area (Å²) in [5.41, 5.74) is 0.595. The predicted molar refractivity (Wildman–Crippen MR) is 47.6 cm³/mol. The third-order valence-electron chi connectivity index (χ3n) is 1.17. The van der Waals surface area contributed by atoms with Gasteiger partial charge in [-0.1, -0.05) is 5.92 Å². The van der Waals surface area contributed by atoms with Crippen molar-refractivity contribution in [2.45, 2.75) is 6.61 Å². The van der Waals surface area contributed by atoms with Gasteiger partial charge in [-0.25, -0.2) is 9.78 Å². The highest BCUT2D eigenvalue weighted by Gasteiger charge is 2.08. The average Bonchev–Trinajstić information content (AvgIpc) is 2.53. The lowest BCUT2D eigenvalue weighted by atomic mass is 10.5. The quantitative estimate of drug-likeness (QED) is 0.577. The second-order valence-corrected chi connectivity index (χ2v) is 3.00. The van der Waals surface area contributed by atoms with Crippen molar-refractivity contribution >= 4 is 17.3 Å². The first-order chi connectivity index (χ1) is 6.24. The molecule has 13 heavy (non-hydrogen) atoms. The topological polar surface area (TPSA) is 59.4 Å². The zero-order chi connectivity index (χ0) is 9.68. The van der Waals surface area contributed by atoms with Gasteiger partial charge in [-0.2, -0.15) is 0 Å². The van der Waals surface area contributed by atoms with Crippen molar-refractivity contribution in [3.63, 3.8) is 0 Å². The first-order valence-corrected chi connectivity index (χ1v) is 4.31. The van der Waals surface area contributed by atoms with Gasteiger partial charge >= 0.3 is 5.97 Å². The van der Waals surface area contributed by atoms with Gasteiger partial charge in [-0.15, -0.1) is 17.8 Å². The van der Waals surface area contributed by atoms with E-state index in [9.17, 15) is 4.79 Å². The molecule has 0 bridgehead atoms. The lowest BCUT2D eigenvalue weighted by Crippen LogP contribution is -1.97. The van der Waals surface area contributed by atoms with Crippen molar-refractivity contribution in [3.05, 3.63) is 16.1 Å². The molecular weight excluding hydrogens is 190 g/mol. The number of aromatic nitrogens is 1. The van der Waals surface area contributed by atoms with E-state index in [2.05, 4.69) is 10.9 Å². The molecule has 0 atom stereocenters. The summed E-state index contributed by atoms with van der Waals surface area (Å²) in [6, 6.07) is 0. The van der Waals surface area contributed by atoms with Gasteiger partial charge in [0.05, 0.1) is 12.3 Å². The van der Waals surface area contributed by atoms with E-state index in [1.54, 1.807) is 5.38 Å².